The number of rotatable bonds is 7. The van der Waals surface area contributed by atoms with Crippen LogP contribution in [0.4, 0.5) is 5.69 Å². The van der Waals surface area contributed by atoms with E-state index in [1.807, 2.05) is 24.3 Å². The lowest BCUT2D eigenvalue weighted by Gasteiger charge is -2.07. The maximum absolute atomic E-state index is 11.7. The van der Waals surface area contributed by atoms with Gasteiger partial charge in [-0.3, -0.25) is 9.59 Å². The maximum atomic E-state index is 11.7. The predicted molar refractivity (Wildman–Crippen MR) is 87.3 cm³/mol. The molecule has 0 spiro atoms. The average molecular weight is 324 g/mol. The van der Waals surface area contributed by atoms with Crippen molar-refractivity contribution in [3.05, 3.63) is 60.2 Å². The molecule has 2 aromatic rings. The van der Waals surface area contributed by atoms with E-state index in [2.05, 4.69) is 5.32 Å². The van der Waals surface area contributed by atoms with E-state index in [-0.39, 0.29) is 19.6 Å². The summed E-state index contributed by atoms with van der Waals surface area (Å²) in [5.74, 6) is -0.290. The largest absolute Gasteiger partial charge is 0.493 e. The van der Waals surface area contributed by atoms with Crippen LogP contribution in [0.5, 0.6) is 5.75 Å². The molecule has 0 unspecified atom stereocenters. The Morgan fingerprint density at radius 1 is 1.04 bits per heavy atom. The minimum atomic E-state index is -0.513. The first-order valence-corrected chi connectivity index (χ1v) is 7.31. The van der Waals surface area contributed by atoms with Crippen molar-refractivity contribution >= 4 is 17.6 Å². The number of amides is 1. The molecule has 0 heterocycles. The molecular formula is C18H16N2O4. The number of nitrogens with zero attached hydrogens (tertiary/aromatic N) is 1. The number of benzene rings is 2. The van der Waals surface area contributed by atoms with Crippen molar-refractivity contribution in [2.45, 2.75) is 6.42 Å². The van der Waals surface area contributed by atoms with Crippen LogP contribution >= 0.6 is 0 Å². The van der Waals surface area contributed by atoms with Gasteiger partial charge in [0.15, 0.2) is 6.61 Å². The lowest BCUT2D eigenvalue weighted by molar-refractivity contribution is -0.147. The molecule has 0 aliphatic rings. The second-order valence-corrected chi connectivity index (χ2v) is 4.81. The lowest BCUT2D eigenvalue weighted by atomic mass is 10.2. The summed E-state index contributed by atoms with van der Waals surface area (Å²) in [7, 11) is 0. The first-order valence-electron chi connectivity index (χ1n) is 7.31. The monoisotopic (exact) mass is 324 g/mol. The third kappa shape index (κ3) is 5.81. The summed E-state index contributed by atoms with van der Waals surface area (Å²) in [6, 6.07) is 17.5. The standard InChI is InChI=1S/C18H16N2O4/c19-12-14-6-8-15(9-7-14)20-17(21)13-24-18(22)10-11-23-16-4-2-1-3-5-16/h1-9H,10-11,13H2,(H,20,21). The molecule has 122 valence electrons. The van der Waals surface area contributed by atoms with E-state index >= 15 is 0 Å². The zero-order valence-corrected chi connectivity index (χ0v) is 12.9. The summed E-state index contributed by atoms with van der Waals surface area (Å²) in [5.41, 5.74) is 1.03. The molecule has 6 heteroatoms. The van der Waals surface area contributed by atoms with Crippen molar-refractivity contribution in [3.63, 3.8) is 0 Å². The van der Waals surface area contributed by atoms with Crippen LogP contribution in [0.1, 0.15) is 12.0 Å². The third-order valence-electron chi connectivity index (χ3n) is 2.98. The van der Waals surface area contributed by atoms with Gasteiger partial charge in [-0.2, -0.15) is 5.26 Å². The van der Waals surface area contributed by atoms with Crippen LogP contribution in [0.25, 0.3) is 0 Å². The molecule has 2 rings (SSSR count). The second-order valence-electron chi connectivity index (χ2n) is 4.81. The fraction of sp³-hybridized carbons (Fsp3) is 0.167. The van der Waals surface area contributed by atoms with Gasteiger partial charge < -0.3 is 14.8 Å². The Morgan fingerprint density at radius 3 is 2.42 bits per heavy atom. The van der Waals surface area contributed by atoms with E-state index < -0.39 is 11.9 Å². The van der Waals surface area contributed by atoms with Crippen molar-refractivity contribution < 1.29 is 19.1 Å². The van der Waals surface area contributed by atoms with Crippen LogP contribution in [0, 0.1) is 11.3 Å². The zero-order valence-electron chi connectivity index (χ0n) is 12.9. The molecule has 0 atom stereocenters. The van der Waals surface area contributed by atoms with Gasteiger partial charge in [0.05, 0.1) is 24.7 Å². The molecule has 2 aromatic carbocycles. The van der Waals surface area contributed by atoms with Crippen LogP contribution in [-0.4, -0.2) is 25.1 Å². The van der Waals surface area contributed by atoms with Crippen LogP contribution in [0.15, 0.2) is 54.6 Å². The number of para-hydroxylation sites is 1. The Balaban J connectivity index is 1.65. The van der Waals surface area contributed by atoms with Gasteiger partial charge in [0.2, 0.25) is 0 Å². The van der Waals surface area contributed by atoms with Gasteiger partial charge in [0, 0.05) is 5.69 Å². The summed E-state index contributed by atoms with van der Waals surface area (Å²) in [6.45, 7) is -0.190. The molecule has 0 saturated carbocycles. The molecule has 6 nitrogen and oxygen atoms in total. The minimum Gasteiger partial charge on any atom is -0.493 e. The van der Waals surface area contributed by atoms with Gasteiger partial charge in [-0.25, -0.2) is 0 Å². The topological polar surface area (TPSA) is 88.4 Å². The molecule has 0 radical (unpaired) electrons. The van der Waals surface area contributed by atoms with Crippen molar-refractivity contribution in [1.29, 1.82) is 5.26 Å². The summed E-state index contributed by atoms with van der Waals surface area (Å²) in [4.78, 5) is 23.2. The number of hydrogen-bond acceptors (Lipinski definition) is 5. The van der Waals surface area contributed by atoms with E-state index in [0.717, 1.165) is 0 Å². The number of anilines is 1. The van der Waals surface area contributed by atoms with E-state index in [1.165, 1.54) is 0 Å². The molecule has 1 N–H and O–H groups in total. The molecule has 0 aliphatic carbocycles. The highest BCUT2D eigenvalue weighted by molar-refractivity contribution is 5.92. The Morgan fingerprint density at radius 2 is 1.75 bits per heavy atom. The molecule has 0 fully saturated rings. The molecular weight excluding hydrogens is 308 g/mol. The number of ether oxygens (including phenoxy) is 2. The van der Waals surface area contributed by atoms with E-state index in [4.69, 9.17) is 14.7 Å². The van der Waals surface area contributed by atoms with Gasteiger partial charge in [-0.1, -0.05) is 18.2 Å². The smallest absolute Gasteiger partial charge is 0.309 e. The zero-order chi connectivity index (χ0) is 17.2. The van der Waals surface area contributed by atoms with E-state index in [1.54, 1.807) is 36.4 Å². The Labute approximate surface area is 139 Å². The highest BCUT2D eigenvalue weighted by Crippen LogP contribution is 2.09. The summed E-state index contributed by atoms with van der Waals surface area (Å²) in [5, 5.41) is 11.3. The Hall–Kier alpha value is -3.33. The highest BCUT2D eigenvalue weighted by Gasteiger charge is 2.08. The van der Waals surface area contributed by atoms with Gasteiger partial charge in [0.25, 0.3) is 5.91 Å². The van der Waals surface area contributed by atoms with Crippen molar-refractivity contribution in [1.82, 2.24) is 0 Å². The molecule has 0 aromatic heterocycles. The first kappa shape index (κ1) is 17.0. The van der Waals surface area contributed by atoms with E-state index in [9.17, 15) is 9.59 Å². The Bertz CT molecular complexity index is 721. The van der Waals surface area contributed by atoms with Gasteiger partial charge in [-0.05, 0) is 36.4 Å². The third-order valence-corrected chi connectivity index (χ3v) is 2.98. The minimum absolute atomic E-state index is 0.0546. The predicted octanol–water partition coefficient (Wildman–Crippen LogP) is 2.51. The summed E-state index contributed by atoms with van der Waals surface area (Å²) in [6.07, 6.45) is 0.0546. The number of hydrogen-bond donors (Lipinski definition) is 1. The van der Waals surface area contributed by atoms with Crippen LogP contribution < -0.4 is 10.1 Å². The number of nitriles is 1. The molecule has 0 bridgehead atoms. The normalized spacial score (nSPS) is 9.62. The summed E-state index contributed by atoms with van der Waals surface area (Å²) < 4.78 is 10.2. The molecule has 0 saturated heterocycles. The molecule has 0 aliphatic heterocycles. The Kier molecular flexibility index (Phi) is 6.35. The van der Waals surface area contributed by atoms with Crippen LogP contribution in [0.3, 0.4) is 0 Å². The van der Waals surface area contributed by atoms with E-state index in [0.29, 0.717) is 17.0 Å². The first-order chi connectivity index (χ1) is 11.7. The fourth-order valence-corrected chi connectivity index (χ4v) is 1.81. The number of carbonyl (C=O) groups excluding carboxylic acids is 2. The van der Waals surface area contributed by atoms with Crippen molar-refractivity contribution in [3.8, 4) is 11.8 Å². The SMILES string of the molecule is N#Cc1ccc(NC(=O)COC(=O)CCOc2ccccc2)cc1. The lowest BCUT2D eigenvalue weighted by Crippen LogP contribution is -2.21. The van der Waals surface area contributed by atoms with Gasteiger partial charge >= 0.3 is 5.97 Å². The van der Waals surface area contributed by atoms with Crippen LogP contribution in [0.2, 0.25) is 0 Å². The van der Waals surface area contributed by atoms with Crippen molar-refractivity contribution in [2.75, 3.05) is 18.5 Å². The maximum Gasteiger partial charge on any atom is 0.309 e. The number of esters is 1. The quantitative estimate of drug-likeness (QED) is 0.791. The number of nitrogens with one attached hydrogen (secondary N) is 1. The highest BCUT2D eigenvalue weighted by atomic mass is 16.5. The fourth-order valence-electron chi connectivity index (χ4n) is 1.81. The molecule has 24 heavy (non-hydrogen) atoms. The average Bonchev–Trinajstić information content (AvgIpc) is 2.61. The second kappa shape index (κ2) is 8.96. The van der Waals surface area contributed by atoms with Gasteiger partial charge in [-0.15, -0.1) is 0 Å². The number of carbonyl (C=O) groups is 2. The van der Waals surface area contributed by atoms with Gasteiger partial charge in [0.1, 0.15) is 5.75 Å². The summed E-state index contributed by atoms with van der Waals surface area (Å²) >= 11 is 0. The van der Waals surface area contributed by atoms with Crippen molar-refractivity contribution in [2.24, 2.45) is 0 Å². The van der Waals surface area contributed by atoms with Crippen LogP contribution in [-0.2, 0) is 14.3 Å². The molecule has 1 amide bonds.